The van der Waals surface area contributed by atoms with Crippen LogP contribution in [0.4, 0.5) is 19.0 Å². The molecule has 0 spiro atoms. The standard InChI is InChI=1S/C19H24F3N5O2/c1-4-12-8-15(19(20,21)22)27-16(24-12)9-13(25-27)14-6-5-7-26(14)18(28)17-10(2)23-11(3)29-17/h9,12,14-15,24H,4-8H2,1-3H3/t12-,14-,15-/m1/s1. The fourth-order valence-electron chi connectivity index (χ4n) is 4.28. The minimum Gasteiger partial charge on any atom is -0.436 e. The van der Waals surface area contributed by atoms with Gasteiger partial charge in [0.15, 0.2) is 11.9 Å². The summed E-state index contributed by atoms with van der Waals surface area (Å²) in [6.45, 7) is 5.73. The zero-order chi connectivity index (χ0) is 20.9. The van der Waals surface area contributed by atoms with Crippen LogP contribution in [0.15, 0.2) is 10.5 Å². The molecule has 3 atom stereocenters. The van der Waals surface area contributed by atoms with E-state index in [0.29, 0.717) is 42.5 Å². The molecule has 2 aliphatic heterocycles. The van der Waals surface area contributed by atoms with Crippen LogP contribution in [0.3, 0.4) is 0 Å². The molecule has 2 aromatic heterocycles. The van der Waals surface area contributed by atoms with Crippen LogP contribution in [-0.2, 0) is 0 Å². The van der Waals surface area contributed by atoms with Crippen molar-refractivity contribution >= 4 is 11.7 Å². The topological polar surface area (TPSA) is 76.2 Å². The van der Waals surface area contributed by atoms with Gasteiger partial charge in [0, 0.05) is 25.6 Å². The molecule has 158 valence electrons. The Morgan fingerprint density at radius 1 is 1.38 bits per heavy atom. The summed E-state index contributed by atoms with van der Waals surface area (Å²) in [5.41, 5.74) is 0.977. The highest BCUT2D eigenvalue weighted by molar-refractivity contribution is 5.93. The number of carbonyl (C=O) groups is 1. The third kappa shape index (κ3) is 3.49. The van der Waals surface area contributed by atoms with Gasteiger partial charge in [0.25, 0.3) is 5.91 Å². The average molecular weight is 411 g/mol. The van der Waals surface area contributed by atoms with E-state index in [1.165, 1.54) is 0 Å². The second kappa shape index (κ2) is 7.07. The zero-order valence-corrected chi connectivity index (χ0v) is 16.6. The molecule has 0 bridgehead atoms. The first-order valence-electron chi connectivity index (χ1n) is 9.86. The second-order valence-electron chi connectivity index (χ2n) is 7.75. The summed E-state index contributed by atoms with van der Waals surface area (Å²) in [6, 6.07) is -0.668. The van der Waals surface area contributed by atoms with Crippen molar-refractivity contribution in [2.24, 2.45) is 0 Å². The van der Waals surface area contributed by atoms with Crippen LogP contribution >= 0.6 is 0 Å². The Morgan fingerprint density at radius 2 is 2.14 bits per heavy atom. The van der Waals surface area contributed by atoms with Crippen molar-refractivity contribution < 1.29 is 22.4 Å². The Kier molecular flexibility index (Phi) is 4.82. The van der Waals surface area contributed by atoms with Crippen LogP contribution in [0.1, 0.15) is 72.5 Å². The maximum atomic E-state index is 13.6. The zero-order valence-electron chi connectivity index (χ0n) is 16.6. The van der Waals surface area contributed by atoms with E-state index in [2.05, 4.69) is 15.4 Å². The lowest BCUT2D eigenvalue weighted by molar-refractivity contribution is -0.173. The molecule has 2 aromatic rings. The summed E-state index contributed by atoms with van der Waals surface area (Å²) >= 11 is 0. The van der Waals surface area contributed by atoms with Gasteiger partial charge in [-0.2, -0.15) is 18.3 Å². The van der Waals surface area contributed by atoms with Gasteiger partial charge in [-0.05, 0) is 32.6 Å². The normalized spacial score (nSPS) is 24.5. The lowest BCUT2D eigenvalue weighted by atomic mass is 10.0. The predicted molar refractivity (Wildman–Crippen MR) is 98.6 cm³/mol. The summed E-state index contributed by atoms with van der Waals surface area (Å²) in [7, 11) is 0. The van der Waals surface area contributed by atoms with Crippen molar-refractivity contribution in [1.82, 2.24) is 19.7 Å². The number of aromatic nitrogens is 3. The van der Waals surface area contributed by atoms with E-state index < -0.39 is 12.2 Å². The number of amides is 1. The Labute approximate surface area is 166 Å². The first-order chi connectivity index (χ1) is 13.7. The monoisotopic (exact) mass is 411 g/mol. The van der Waals surface area contributed by atoms with Crippen LogP contribution in [0.5, 0.6) is 0 Å². The van der Waals surface area contributed by atoms with Gasteiger partial charge in [-0.15, -0.1) is 0 Å². The van der Waals surface area contributed by atoms with E-state index in [-0.39, 0.29) is 30.2 Å². The van der Waals surface area contributed by atoms with E-state index in [1.54, 1.807) is 24.8 Å². The first-order valence-corrected chi connectivity index (χ1v) is 9.86. The molecule has 1 amide bonds. The summed E-state index contributed by atoms with van der Waals surface area (Å²) in [5, 5.41) is 7.45. The van der Waals surface area contributed by atoms with E-state index in [0.717, 1.165) is 11.1 Å². The Balaban J connectivity index is 1.66. The number of aryl methyl sites for hydroxylation is 2. The maximum Gasteiger partial charge on any atom is 0.410 e. The smallest absolute Gasteiger partial charge is 0.410 e. The van der Waals surface area contributed by atoms with E-state index in [1.807, 2.05) is 6.92 Å². The summed E-state index contributed by atoms with van der Waals surface area (Å²) < 4.78 is 47.3. The van der Waals surface area contributed by atoms with E-state index in [9.17, 15) is 18.0 Å². The van der Waals surface area contributed by atoms with E-state index >= 15 is 0 Å². The van der Waals surface area contributed by atoms with E-state index in [4.69, 9.17) is 4.42 Å². The molecule has 0 aliphatic carbocycles. The number of likely N-dealkylation sites (tertiary alicyclic amines) is 1. The molecular weight excluding hydrogens is 387 g/mol. The van der Waals surface area contributed by atoms with Gasteiger partial charge in [0.05, 0.1) is 17.4 Å². The lowest BCUT2D eigenvalue weighted by Crippen LogP contribution is -2.39. The summed E-state index contributed by atoms with van der Waals surface area (Å²) in [6.07, 6.45) is -2.46. The fraction of sp³-hybridized carbons (Fsp3) is 0.632. The van der Waals surface area contributed by atoms with Crippen molar-refractivity contribution in [2.75, 3.05) is 11.9 Å². The molecule has 1 fully saturated rings. The van der Waals surface area contributed by atoms with Gasteiger partial charge in [-0.1, -0.05) is 6.92 Å². The Hall–Kier alpha value is -2.52. The van der Waals surface area contributed by atoms with Gasteiger partial charge in [-0.25, -0.2) is 9.67 Å². The van der Waals surface area contributed by atoms with Gasteiger partial charge in [-0.3, -0.25) is 4.79 Å². The van der Waals surface area contributed by atoms with Gasteiger partial charge in [0.1, 0.15) is 5.82 Å². The summed E-state index contributed by atoms with van der Waals surface area (Å²) in [4.78, 5) is 18.8. The number of anilines is 1. The molecule has 0 saturated carbocycles. The number of fused-ring (bicyclic) bond motifs is 1. The molecule has 4 rings (SSSR count). The third-order valence-electron chi connectivity index (χ3n) is 5.73. The molecule has 10 heteroatoms. The van der Waals surface area contributed by atoms with Crippen LogP contribution in [-0.4, -0.2) is 44.3 Å². The molecule has 29 heavy (non-hydrogen) atoms. The molecule has 0 aromatic carbocycles. The maximum absolute atomic E-state index is 13.6. The molecule has 2 aliphatic rings. The SMILES string of the molecule is CC[C@@H]1C[C@H](C(F)(F)F)n2nc([C@H]3CCCN3C(=O)c3oc(C)nc3C)cc2N1. The van der Waals surface area contributed by atoms with Crippen molar-refractivity contribution in [3.05, 3.63) is 29.1 Å². The van der Waals surface area contributed by atoms with Gasteiger partial charge in [0.2, 0.25) is 5.76 Å². The van der Waals surface area contributed by atoms with Crippen LogP contribution < -0.4 is 5.32 Å². The molecular formula is C19H24F3N5O2. The highest BCUT2D eigenvalue weighted by atomic mass is 19.4. The lowest BCUT2D eigenvalue weighted by Gasteiger charge is -2.32. The number of alkyl halides is 3. The van der Waals surface area contributed by atoms with Crippen LogP contribution in [0, 0.1) is 13.8 Å². The fourth-order valence-corrected chi connectivity index (χ4v) is 4.28. The Morgan fingerprint density at radius 3 is 2.76 bits per heavy atom. The minimum absolute atomic E-state index is 0.0576. The molecule has 7 nitrogen and oxygen atoms in total. The average Bonchev–Trinajstić information content (AvgIpc) is 3.36. The number of carbonyl (C=O) groups excluding carboxylic acids is 1. The largest absolute Gasteiger partial charge is 0.436 e. The van der Waals surface area contributed by atoms with Crippen molar-refractivity contribution in [3.8, 4) is 0 Å². The first kappa shape index (κ1) is 19.8. The molecule has 0 unspecified atom stereocenters. The number of rotatable bonds is 3. The van der Waals surface area contributed by atoms with Gasteiger partial charge < -0.3 is 14.6 Å². The van der Waals surface area contributed by atoms with Crippen molar-refractivity contribution in [3.63, 3.8) is 0 Å². The van der Waals surface area contributed by atoms with Gasteiger partial charge >= 0.3 is 6.18 Å². The van der Waals surface area contributed by atoms with Crippen LogP contribution in [0.2, 0.25) is 0 Å². The number of nitrogens with one attached hydrogen (secondary N) is 1. The molecule has 1 N–H and O–H groups in total. The van der Waals surface area contributed by atoms with Crippen molar-refractivity contribution in [2.45, 2.75) is 70.8 Å². The molecule has 0 radical (unpaired) electrons. The molecule has 1 saturated heterocycles. The number of oxazole rings is 1. The number of nitrogens with zero attached hydrogens (tertiary/aromatic N) is 4. The number of halogens is 3. The quantitative estimate of drug-likeness (QED) is 0.821. The number of hydrogen-bond donors (Lipinski definition) is 1. The summed E-state index contributed by atoms with van der Waals surface area (Å²) in [5.74, 6) is 0.632. The predicted octanol–water partition coefficient (Wildman–Crippen LogP) is 4.16. The highest BCUT2D eigenvalue weighted by Crippen LogP contribution is 2.42. The minimum atomic E-state index is -4.38. The number of hydrogen-bond acceptors (Lipinski definition) is 5. The Bertz CT molecular complexity index is 920. The second-order valence-corrected chi connectivity index (χ2v) is 7.75. The van der Waals surface area contributed by atoms with Crippen LogP contribution in [0.25, 0.3) is 0 Å². The van der Waals surface area contributed by atoms with Crippen molar-refractivity contribution in [1.29, 1.82) is 0 Å². The molecule has 4 heterocycles. The highest BCUT2D eigenvalue weighted by Gasteiger charge is 2.46. The third-order valence-corrected chi connectivity index (χ3v) is 5.73.